The van der Waals surface area contributed by atoms with Gasteiger partial charge in [0.05, 0.1) is 54.4 Å². The lowest BCUT2D eigenvalue weighted by molar-refractivity contribution is -0.272. The minimum atomic E-state index is -0.851. The Morgan fingerprint density at radius 2 is 1.00 bits per heavy atom. The van der Waals surface area contributed by atoms with Crippen LogP contribution in [0.4, 0.5) is 0 Å². The highest BCUT2D eigenvalue weighted by Gasteiger charge is 2.82. The number of hydrogen-bond acceptors (Lipinski definition) is 13. The van der Waals surface area contributed by atoms with Crippen molar-refractivity contribution in [1.82, 2.24) is 20.9 Å². The lowest BCUT2D eigenvalue weighted by atomic mass is 9.41. The third-order valence-electron chi connectivity index (χ3n) is 35.4. The maximum Gasteiger partial charge on any atom is 0.220 e. The van der Waals surface area contributed by atoms with E-state index in [9.17, 15) is 55.2 Å². The molecule has 1 spiro atoms. The Labute approximate surface area is 590 Å². The average molecular weight is 1370 g/mol. The molecule has 0 aromatic rings. The van der Waals surface area contributed by atoms with Crippen LogP contribution < -0.4 is 16.0 Å². The first-order valence-corrected chi connectivity index (χ1v) is 40.8. The molecule has 16 heteroatoms. The number of hydrogen-bond donors (Lipinski definition) is 11. The van der Waals surface area contributed by atoms with Crippen molar-refractivity contribution in [3.63, 3.8) is 0 Å². The van der Waals surface area contributed by atoms with Gasteiger partial charge in [0.25, 0.3) is 0 Å². The number of carbonyl (C=O) groups excluding carboxylic acids is 3. The first kappa shape index (κ1) is 74.3. The summed E-state index contributed by atoms with van der Waals surface area (Å²) in [5.41, 5.74) is -1.57. The predicted octanol–water partition coefficient (Wildman–Crippen LogP) is 10.1. The highest BCUT2D eigenvalue weighted by Crippen LogP contribution is 2.81. The first-order valence-electron chi connectivity index (χ1n) is 40.8. The van der Waals surface area contributed by atoms with E-state index in [0.717, 1.165) is 122 Å². The fourth-order valence-corrected chi connectivity index (χ4v) is 31.1. The molecule has 0 aliphatic heterocycles. The quantitative estimate of drug-likeness (QED) is 0.0483. The number of fused-ring (bicyclic) bond motifs is 15. The Kier molecular flexibility index (Phi) is 20.8. The predicted molar refractivity (Wildman–Crippen MR) is 379 cm³/mol. The number of nitrogens with zero attached hydrogens (tertiary/aromatic N) is 1. The molecule has 13 aliphatic rings. The molecule has 13 fully saturated rings. The molecule has 11 N–H and O–H groups in total. The van der Waals surface area contributed by atoms with Crippen LogP contribution in [0.5, 0.6) is 0 Å². The maximum atomic E-state index is 14.0. The third-order valence-corrected chi connectivity index (χ3v) is 35.4. The molecule has 31 unspecified atom stereocenters. The molecule has 13 saturated carbocycles. The Morgan fingerprint density at radius 1 is 0.500 bits per heavy atom. The zero-order valence-corrected chi connectivity index (χ0v) is 62.9. The molecule has 0 aromatic carbocycles. The van der Waals surface area contributed by atoms with Gasteiger partial charge in [-0.3, -0.25) is 19.3 Å². The lowest BCUT2D eigenvalue weighted by Crippen LogP contribution is -2.70. The summed E-state index contributed by atoms with van der Waals surface area (Å²) >= 11 is 0. The number of aliphatic hydroxyl groups is 8. The van der Waals surface area contributed by atoms with Crippen LogP contribution in [0, 0.1) is 150 Å². The van der Waals surface area contributed by atoms with Crippen LogP contribution in [-0.4, -0.2) is 164 Å². The van der Waals surface area contributed by atoms with Crippen molar-refractivity contribution in [2.75, 3.05) is 46.4 Å². The molecule has 3 amide bonds. The molecule has 16 nitrogen and oxygen atoms in total. The van der Waals surface area contributed by atoms with E-state index in [4.69, 9.17) is 4.74 Å². The largest absolute Gasteiger partial charge is 0.393 e. The maximum absolute atomic E-state index is 14.0. The first-order chi connectivity index (χ1) is 46.2. The van der Waals surface area contributed by atoms with Crippen LogP contribution in [0.15, 0.2) is 0 Å². The van der Waals surface area contributed by atoms with Gasteiger partial charge in [-0.2, -0.15) is 0 Å². The summed E-state index contributed by atoms with van der Waals surface area (Å²) in [5.74, 6) is 4.83. The molecule has 0 heterocycles. The van der Waals surface area contributed by atoms with E-state index in [2.05, 4.69) is 97.0 Å². The van der Waals surface area contributed by atoms with Gasteiger partial charge in [-0.25, -0.2) is 0 Å². The van der Waals surface area contributed by atoms with E-state index in [1.807, 2.05) is 7.11 Å². The van der Waals surface area contributed by atoms with Gasteiger partial charge >= 0.3 is 0 Å². The highest BCUT2D eigenvalue weighted by molar-refractivity contribution is 5.76. The summed E-state index contributed by atoms with van der Waals surface area (Å²) in [6.45, 7) is 29.0. The molecule has 0 saturated heterocycles. The van der Waals surface area contributed by atoms with Crippen LogP contribution in [0.3, 0.4) is 0 Å². The Hall–Kier alpha value is -1.99. The second-order valence-electron chi connectivity index (χ2n) is 39.2. The van der Waals surface area contributed by atoms with Crippen molar-refractivity contribution < 1.29 is 60.0 Å². The number of amides is 3. The SMILES string of the molecule is COC1CC2C(C(O)CC3CC(O)CCC32C)C2C[C@H](C)C([C@H](C)CCC(=O)NCCN(CCNC(=O)CCC(C)C3CCC4C3(C)C3CC5C(C(O)CC6CC(O)CCC65C)C43O)CCNC(=O)CC[C@@H](C)C3[C@@H](C)CC45CC(O)CC6CC(O)CCC6(C)C4CC(O)C35C)C12C. The number of carbonyl (C=O) groups is 3. The molecule has 558 valence electrons. The molecule has 13 rings (SSSR count). The Bertz CT molecular complexity index is 2870. The van der Waals surface area contributed by atoms with Crippen molar-refractivity contribution in [1.29, 1.82) is 0 Å². The van der Waals surface area contributed by atoms with Crippen molar-refractivity contribution in [3.8, 4) is 0 Å². The molecule has 0 bridgehead atoms. The molecule has 35 atom stereocenters. The summed E-state index contributed by atoms with van der Waals surface area (Å²) in [7, 11) is 1.88. The van der Waals surface area contributed by atoms with E-state index in [0.29, 0.717) is 132 Å². The van der Waals surface area contributed by atoms with Gasteiger partial charge in [0.15, 0.2) is 0 Å². The average Bonchev–Trinajstić information content (AvgIpc) is 1.46. The van der Waals surface area contributed by atoms with Crippen molar-refractivity contribution in [2.45, 2.75) is 298 Å². The fourth-order valence-electron chi connectivity index (χ4n) is 31.1. The molecular formula is C82H138N4O12. The van der Waals surface area contributed by atoms with Gasteiger partial charge in [-0.05, 0) is 281 Å². The minimum Gasteiger partial charge on any atom is -0.393 e. The van der Waals surface area contributed by atoms with Gasteiger partial charge in [-0.1, -0.05) is 76.2 Å². The van der Waals surface area contributed by atoms with E-state index in [1.54, 1.807) is 0 Å². The van der Waals surface area contributed by atoms with Crippen molar-refractivity contribution in [2.24, 2.45) is 150 Å². The van der Waals surface area contributed by atoms with Gasteiger partial charge in [0.2, 0.25) is 17.7 Å². The Balaban J connectivity index is 0.615. The number of aliphatic hydroxyl groups excluding tert-OH is 7. The van der Waals surface area contributed by atoms with E-state index in [1.165, 1.54) is 0 Å². The molecule has 98 heavy (non-hydrogen) atoms. The summed E-state index contributed by atoms with van der Waals surface area (Å²) in [6, 6.07) is 0. The van der Waals surface area contributed by atoms with Gasteiger partial charge in [0.1, 0.15) is 0 Å². The molecule has 0 aromatic heterocycles. The smallest absolute Gasteiger partial charge is 0.220 e. The fraction of sp³-hybridized carbons (Fsp3) is 0.963. The number of nitrogens with one attached hydrogen (secondary N) is 3. The number of ether oxygens (including phenoxy) is 1. The summed E-state index contributed by atoms with van der Waals surface area (Å²) in [4.78, 5) is 44.1. The van der Waals surface area contributed by atoms with Gasteiger partial charge in [0, 0.05) is 82.4 Å². The van der Waals surface area contributed by atoms with Crippen LogP contribution in [0.1, 0.15) is 243 Å². The second kappa shape index (κ2) is 27.4. The number of rotatable bonds is 22. The third kappa shape index (κ3) is 11.8. The summed E-state index contributed by atoms with van der Waals surface area (Å²) < 4.78 is 6.55. The van der Waals surface area contributed by atoms with Crippen molar-refractivity contribution >= 4 is 17.7 Å². The minimum absolute atomic E-state index is 0.00628. The van der Waals surface area contributed by atoms with Crippen molar-refractivity contribution in [3.05, 3.63) is 0 Å². The monoisotopic (exact) mass is 1370 g/mol. The van der Waals surface area contributed by atoms with E-state index in [-0.39, 0.29) is 146 Å². The lowest BCUT2D eigenvalue weighted by Gasteiger charge is -2.66. The van der Waals surface area contributed by atoms with Crippen LogP contribution in [-0.2, 0) is 19.1 Å². The second-order valence-corrected chi connectivity index (χ2v) is 39.2. The summed E-state index contributed by atoms with van der Waals surface area (Å²) in [6.07, 6.45) is 17.6. The van der Waals surface area contributed by atoms with Crippen LogP contribution >= 0.6 is 0 Å². The summed E-state index contributed by atoms with van der Waals surface area (Å²) in [5, 5.41) is 103. The zero-order valence-electron chi connectivity index (χ0n) is 62.9. The topological polar surface area (TPSA) is 262 Å². The van der Waals surface area contributed by atoms with E-state index < -0.39 is 29.3 Å². The zero-order chi connectivity index (χ0) is 70.4. The van der Waals surface area contributed by atoms with Crippen LogP contribution in [0.25, 0.3) is 0 Å². The normalized spacial score (nSPS) is 52.0. The van der Waals surface area contributed by atoms with E-state index >= 15 is 0 Å². The highest BCUT2D eigenvalue weighted by atomic mass is 16.5. The Morgan fingerprint density at radius 3 is 1.56 bits per heavy atom. The number of methoxy groups -OCH3 is 1. The van der Waals surface area contributed by atoms with Crippen LogP contribution in [0.2, 0.25) is 0 Å². The molecular weight excluding hydrogens is 1230 g/mol. The van der Waals surface area contributed by atoms with Gasteiger partial charge < -0.3 is 61.5 Å². The standard InChI is InChI=1S/C82H138N4O12/c1-45(57-16-17-63-78(57,9)65-40-60-74(82(63,65)97)62(92)39-52-36-54(88)22-25-76(52,60)7)13-18-68(94)83-27-30-86(32-29-85-70(96)20-15-47(3)73-49(5)43-81-44-56(90)37-50-34-55(89)23-26-77(50,8)64(81)42-66(93)80(73,81)11)31-28-84-69(95)19-14-46(2)72-48(4)33-59-71-58(41-67(98-12)79(59,72)10)75(6)24-21-53(87)35-51(75)38-61(71)91/h45-67,71-74,87-93,97H,13-44H2,1-12H3,(H,83,94)(H,84,95)(H,85,96)/t45?,46-,47-,48+,49+,50?,51?,52?,53?,54?,55?,56?,57?,58?,59?,60?,61?,62?,63?,64?,65?,66?,67?,71?,72?,73?,74?,75?,76?,77?,78?,79?,80?,81?,82?/m1/s1. The van der Waals surface area contributed by atoms with Gasteiger partial charge in [-0.15, -0.1) is 0 Å². The molecule has 0 radical (unpaired) electrons. The molecule has 13 aliphatic carbocycles.